The summed E-state index contributed by atoms with van der Waals surface area (Å²) in [5.74, 6) is 0.436. The third-order valence-corrected chi connectivity index (χ3v) is 6.19. The number of amides is 1. The van der Waals surface area contributed by atoms with Gasteiger partial charge in [-0.3, -0.25) is 4.79 Å². The van der Waals surface area contributed by atoms with Crippen LogP contribution in [0.15, 0.2) is 48.9 Å². The Balaban J connectivity index is 1.43. The molecule has 1 amide bonds. The zero-order chi connectivity index (χ0) is 27.6. The van der Waals surface area contributed by atoms with Crippen molar-refractivity contribution >= 4 is 40.1 Å². The molecule has 1 aliphatic heterocycles. The molecular formula is C26H24F3N7O3. The quantitative estimate of drug-likeness (QED) is 0.363. The van der Waals surface area contributed by atoms with E-state index in [9.17, 15) is 18.0 Å². The summed E-state index contributed by atoms with van der Waals surface area (Å²) in [7, 11) is 1.31. The van der Waals surface area contributed by atoms with Gasteiger partial charge in [0.25, 0.3) is 5.91 Å². The van der Waals surface area contributed by atoms with Crippen molar-refractivity contribution in [1.29, 1.82) is 0 Å². The summed E-state index contributed by atoms with van der Waals surface area (Å²) in [5, 5.41) is 5.74. The fourth-order valence-electron chi connectivity index (χ4n) is 4.05. The highest BCUT2D eigenvalue weighted by Gasteiger charge is 2.31. The second-order valence-corrected chi connectivity index (χ2v) is 8.75. The number of alkyl halides is 3. The third-order valence-electron chi connectivity index (χ3n) is 6.19. The lowest BCUT2D eigenvalue weighted by molar-refractivity contribution is -0.137. The minimum atomic E-state index is -4.57. The minimum Gasteiger partial charge on any atom is -0.495 e. The van der Waals surface area contributed by atoms with Crippen LogP contribution in [0, 0.1) is 6.92 Å². The first-order valence-corrected chi connectivity index (χ1v) is 12.0. The van der Waals surface area contributed by atoms with Gasteiger partial charge in [0, 0.05) is 24.3 Å². The first-order valence-electron chi connectivity index (χ1n) is 12.0. The van der Waals surface area contributed by atoms with Crippen LogP contribution in [-0.4, -0.2) is 59.3 Å². The average Bonchev–Trinajstić information content (AvgIpc) is 2.94. The molecule has 13 heteroatoms. The van der Waals surface area contributed by atoms with E-state index < -0.39 is 17.6 Å². The number of aromatic nitrogens is 4. The summed E-state index contributed by atoms with van der Waals surface area (Å²) < 4.78 is 50.2. The van der Waals surface area contributed by atoms with Crippen LogP contribution < -0.4 is 20.3 Å². The van der Waals surface area contributed by atoms with E-state index in [1.165, 1.54) is 13.4 Å². The number of hydrogen-bond acceptors (Lipinski definition) is 9. The number of carbonyl (C=O) groups is 1. The Hall–Kier alpha value is -4.52. The van der Waals surface area contributed by atoms with Crippen molar-refractivity contribution in [2.45, 2.75) is 13.1 Å². The van der Waals surface area contributed by atoms with Gasteiger partial charge in [0.15, 0.2) is 5.82 Å². The normalized spacial score (nSPS) is 13.8. The number of nitrogens with zero attached hydrogens (tertiary/aromatic N) is 5. The second kappa shape index (κ2) is 10.7. The molecule has 0 atom stereocenters. The van der Waals surface area contributed by atoms with Crippen molar-refractivity contribution in [2.24, 2.45) is 0 Å². The van der Waals surface area contributed by atoms with E-state index >= 15 is 0 Å². The van der Waals surface area contributed by atoms with Crippen LogP contribution in [0.5, 0.6) is 5.75 Å². The second-order valence-electron chi connectivity index (χ2n) is 8.75. The summed E-state index contributed by atoms with van der Waals surface area (Å²) in [6, 6.07) is 7.77. The lowest BCUT2D eigenvalue weighted by Crippen LogP contribution is -2.37. The average molecular weight is 540 g/mol. The highest BCUT2D eigenvalue weighted by molar-refractivity contribution is 6.06. The van der Waals surface area contributed by atoms with Crippen LogP contribution in [0.4, 0.5) is 36.3 Å². The number of ether oxygens (including phenoxy) is 2. The lowest BCUT2D eigenvalue weighted by Gasteiger charge is -2.26. The molecule has 0 radical (unpaired) electrons. The Morgan fingerprint density at radius 1 is 1.05 bits per heavy atom. The zero-order valence-electron chi connectivity index (χ0n) is 21.0. The summed E-state index contributed by atoms with van der Waals surface area (Å²) >= 11 is 0. The van der Waals surface area contributed by atoms with Crippen LogP contribution in [-0.2, 0) is 10.9 Å². The van der Waals surface area contributed by atoms with Gasteiger partial charge in [0.05, 0.1) is 37.8 Å². The van der Waals surface area contributed by atoms with Gasteiger partial charge >= 0.3 is 6.18 Å². The van der Waals surface area contributed by atoms with Crippen molar-refractivity contribution in [2.75, 3.05) is 48.9 Å². The molecule has 0 unspecified atom stereocenters. The number of hydrogen-bond donors (Lipinski definition) is 2. The Labute approximate surface area is 221 Å². The van der Waals surface area contributed by atoms with E-state index in [4.69, 9.17) is 9.47 Å². The number of halogens is 3. The van der Waals surface area contributed by atoms with Gasteiger partial charge in [-0.25, -0.2) is 19.9 Å². The van der Waals surface area contributed by atoms with Crippen molar-refractivity contribution < 1.29 is 27.4 Å². The largest absolute Gasteiger partial charge is 0.495 e. The molecule has 0 spiro atoms. The molecule has 3 heterocycles. The van der Waals surface area contributed by atoms with Crippen molar-refractivity contribution in [3.8, 4) is 5.75 Å². The molecule has 39 heavy (non-hydrogen) atoms. The fourth-order valence-corrected chi connectivity index (χ4v) is 4.05. The topological polar surface area (TPSA) is 114 Å². The van der Waals surface area contributed by atoms with Gasteiger partial charge in [0.1, 0.15) is 23.1 Å². The summed E-state index contributed by atoms with van der Waals surface area (Å²) in [6.45, 7) is 4.33. The number of rotatable bonds is 6. The molecule has 1 aliphatic rings. The molecule has 2 N–H and O–H groups in total. The van der Waals surface area contributed by atoms with Gasteiger partial charge < -0.3 is 25.0 Å². The molecule has 10 nitrogen and oxygen atoms in total. The van der Waals surface area contributed by atoms with Crippen LogP contribution in [0.3, 0.4) is 0 Å². The van der Waals surface area contributed by atoms with Gasteiger partial charge in [-0.2, -0.15) is 13.2 Å². The molecule has 0 saturated carbocycles. The zero-order valence-corrected chi connectivity index (χ0v) is 21.0. The van der Waals surface area contributed by atoms with E-state index in [-0.39, 0.29) is 17.0 Å². The van der Waals surface area contributed by atoms with Gasteiger partial charge in [-0.05, 0) is 42.8 Å². The highest BCUT2D eigenvalue weighted by atomic mass is 19.4. The monoisotopic (exact) mass is 539 g/mol. The van der Waals surface area contributed by atoms with Crippen LogP contribution in [0.2, 0.25) is 0 Å². The van der Waals surface area contributed by atoms with Crippen LogP contribution in [0.1, 0.15) is 21.5 Å². The van der Waals surface area contributed by atoms with Crippen LogP contribution in [0.25, 0.3) is 11.0 Å². The lowest BCUT2D eigenvalue weighted by atomic mass is 10.1. The van der Waals surface area contributed by atoms with Gasteiger partial charge in [-0.15, -0.1) is 0 Å². The molecule has 2 aromatic carbocycles. The Bertz CT molecular complexity index is 1520. The smallest absolute Gasteiger partial charge is 0.416 e. The van der Waals surface area contributed by atoms with Crippen molar-refractivity contribution in [3.63, 3.8) is 0 Å². The van der Waals surface area contributed by atoms with Gasteiger partial charge in [-0.1, -0.05) is 6.07 Å². The van der Waals surface area contributed by atoms with Crippen molar-refractivity contribution in [1.82, 2.24) is 19.9 Å². The SMILES string of the molecule is COc1ccc(C(F)(F)F)cc1NC(=O)c1ccc(C)c(Nc2ncnc3cnc(N4CCOCC4)nc23)c1. The molecule has 1 fully saturated rings. The molecule has 202 valence electrons. The van der Waals surface area contributed by atoms with E-state index in [0.29, 0.717) is 54.8 Å². The predicted molar refractivity (Wildman–Crippen MR) is 139 cm³/mol. The minimum absolute atomic E-state index is 0.0958. The predicted octanol–water partition coefficient (Wildman–Crippen LogP) is 4.59. The molecular weight excluding hydrogens is 515 g/mol. The van der Waals surface area contributed by atoms with Crippen molar-refractivity contribution in [3.05, 3.63) is 65.6 Å². The molecule has 4 aromatic rings. The Kier molecular flexibility index (Phi) is 7.15. The summed E-state index contributed by atoms with van der Waals surface area (Å²) in [5.41, 5.74) is 1.61. The maximum absolute atomic E-state index is 13.2. The van der Waals surface area contributed by atoms with E-state index in [1.54, 1.807) is 24.4 Å². The third kappa shape index (κ3) is 5.67. The number of carbonyl (C=O) groups excluding carboxylic acids is 1. The van der Waals surface area contributed by atoms with Gasteiger partial charge in [0.2, 0.25) is 5.95 Å². The molecule has 2 aromatic heterocycles. The fraction of sp³-hybridized carbons (Fsp3) is 0.269. The number of benzene rings is 2. The number of fused-ring (bicyclic) bond motifs is 1. The Morgan fingerprint density at radius 3 is 2.59 bits per heavy atom. The number of morpholine rings is 1. The molecule has 1 saturated heterocycles. The first-order chi connectivity index (χ1) is 18.7. The van der Waals surface area contributed by atoms with Crippen LogP contribution >= 0.6 is 0 Å². The van der Waals surface area contributed by atoms with E-state index in [2.05, 4.69) is 30.6 Å². The first kappa shape index (κ1) is 26.1. The number of methoxy groups -OCH3 is 1. The molecule has 5 rings (SSSR count). The standard InChI is InChI=1S/C26H24F3N7O3/c1-15-3-4-16(24(37)34-19-12-17(26(27,28)29)5-6-21(19)38-2)11-18(15)33-23-22-20(31-14-32-23)13-30-25(35-22)36-7-9-39-10-8-36/h3-6,11-14H,7-10H2,1-2H3,(H,34,37)(H,31,32,33). The molecule has 0 bridgehead atoms. The molecule has 0 aliphatic carbocycles. The highest BCUT2D eigenvalue weighted by Crippen LogP contribution is 2.35. The maximum atomic E-state index is 13.2. The number of aryl methyl sites for hydroxylation is 1. The van der Waals surface area contributed by atoms with E-state index in [1.807, 2.05) is 11.8 Å². The summed E-state index contributed by atoms with van der Waals surface area (Å²) in [4.78, 5) is 32.8. The number of nitrogens with one attached hydrogen (secondary N) is 2. The van der Waals surface area contributed by atoms with E-state index in [0.717, 1.165) is 23.8 Å². The summed E-state index contributed by atoms with van der Waals surface area (Å²) in [6.07, 6.45) is -1.56. The maximum Gasteiger partial charge on any atom is 0.416 e. The number of anilines is 4. The Morgan fingerprint density at radius 2 is 1.85 bits per heavy atom.